The van der Waals surface area contributed by atoms with Crippen LogP contribution in [0.2, 0.25) is 0 Å². The summed E-state index contributed by atoms with van der Waals surface area (Å²) in [5.74, 6) is 0.583. The summed E-state index contributed by atoms with van der Waals surface area (Å²) >= 11 is 0. The van der Waals surface area contributed by atoms with Crippen LogP contribution < -0.4 is 15.6 Å². The van der Waals surface area contributed by atoms with Crippen molar-refractivity contribution in [3.8, 4) is 11.4 Å². The molecule has 0 bridgehead atoms. The van der Waals surface area contributed by atoms with E-state index >= 15 is 0 Å². The summed E-state index contributed by atoms with van der Waals surface area (Å²) in [6, 6.07) is 19.7. The maximum absolute atomic E-state index is 12.8. The zero-order valence-corrected chi connectivity index (χ0v) is 18.3. The molecule has 1 N–H and O–H groups in total. The largest absolute Gasteiger partial charge is 0.489 e. The Bertz CT molecular complexity index is 1260. The highest BCUT2D eigenvalue weighted by Crippen LogP contribution is 2.29. The molecular weight excluding hydrogens is 410 g/mol. The Balaban J connectivity index is 0.00000231. The van der Waals surface area contributed by atoms with E-state index in [4.69, 9.17) is 4.74 Å². The van der Waals surface area contributed by atoms with Crippen molar-refractivity contribution in [2.24, 2.45) is 7.05 Å². The van der Waals surface area contributed by atoms with Gasteiger partial charge in [0.25, 0.3) is 5.56 Å². The van der Waals surface area contributed by atoms with Crippen LogP contribution in [0.1, 0.15) is 16.8 Å². The number of ether oxygens (including phenoxy) is 1. The lowest BCUT2D eigenvalue weighted by atomic mass is 10.1. The van der Waals surface area contributed by atoms with E-state index in [1.54, 1.807) is 16.8 Å². The number of benzene rings is 2. The van der Waals surface area contributed by atoms with Crippen LogP contribution in [0.3, 0.4) is 0 Å². The lowest BCUT2D eigenvalue weighted by molar-refractivity contribution is 0.305. The van der Waals surface area contributed by atoms with E-state index in [0.29, 0.717) is 12.4 Å². The second-order valence-electron chi connectivity index (χ2n) is 7.78. The van der Waals surface area contributed by atoms with Gasteiger partial charge in [0, 0.05) is 43.4 Å². The van der Waals surface area contributed by atoms with E-state index in [1.165, 1.54) is 22.2 Å². The maximum atomic E-state index is 12.8. The molecule has 5 rings (SSSR count). The minimum absolute atomic E-state index is 0. The number of hydrogen-bond acceptors (Lipinski definition) is 3. The Morgan fingerprint density at radius 1 is 1.00 bits per heavy atom. The van der Waals surface area contributed by atoms with Crippen molar-refractivity contribution < 1.29 is 4.74 Å². The summed E-state index contributed by atoms with van der Waals surface area (Å²) in [4.78, 5) is 12.8. The van der Waals surface area contributed by atoms with Crippen molar-refractivity contribution in [3.63, 3.8) is 0 Å². The molecule has 3 heterocycles. The molecule has 0 saturated carbocycles. The molecule has 1 aliphatic rings. The second kappa shape index (κ2) is 9.00. The molecule has 0 atom stereocenters. The van der Waals surface area contributed by atoms with Crippen molar-refractivity contribution in [2.45, 2.75) is 19.4 Å². The molecule has 0 aliphatic carbocycles. The minimum Gasteiger partial charge on any atom is -0.489 e. The van der Waals surface area contributed by atoms with Gasteiger partial charge in [0.1, 0.15) is 12.4 Å². The number of aryl methyl sites for hydroxylation is 1. The summed E-state index contributed by atoms with van der Waals surface area (Å²) < 4.78 is 9.75. The Kier molecular flexibility index (Phi) is 6.16. The molecule has 0 fully saturated rings. The Labute approximate surface area is 187 Å². The van der Waals surface area contributed by atoms with E-state index in [0.717, 1.165) is 37.2 Å². The summed E-state index contributed by atoms with van der Waals surface area (Å²) in [6.45, 7) is 2.46. The van der Waals surface area contributed by atoms with Crippen LogP contribution in [-0.2, 0) is 26.5 Å². The van der Waals surface area contributed by atoms with Crippen LogP contribution in [0.4, 0.5) is 0 Å². The van der Waals surface area contributed by atoms with Crippen LogP contribution in [0.5, 0.6) is 5.75 Å². The number of nitrogens with one attached hydrogen (secondary N) is 1. The first kappa shape index (κ1) is 21.2. The summed E-state index contributed by atoms with van der Waals surface area (Å²) in [7, 11) is 2.12. The van der Waals surface area contributed by atoms with E-state index < -0.39 is 0 Å². The average molecular weight is 436 g/mol. The average Bonchev–Trinajstić information content (AvgIpc) is 2.92. The topological polar surface area (TPSA) is 48.2 Å². The van der Waals surface area contributed by atoms with Crippen molar-refractivity contribution in [2.75, 3.05) is 13.1 Å². The third-order valence-electron chi connectivity index (χ3n) is 5.93. The number of rotatable bonds is 4. The number of fused-ring (bicyclic) bond motifs is 3. The molecule has 0 amide bonds. The maximum Gasteiger partial charge on any atom is 0.258 e. The van der Waals surface area contributed by atoms with E-state index in [-0.39, 0.29) is 18.0 Å². The number of hydrogen-bond donors (Lipinski definition) is 1. The first-order valence-corrected chi connectivity index (χ1v) is 10.4. The molecule has 6 heteroatoms. The summed E-state index contributed by atoms with van der Waals surface area (Å²) in [5.41, 5.74) is 5.85. The molecule has 0 spiro atoms. The molecular formula is C25H26ClN3O2. The van der Waals surface area contributed by atoms with Crippen molar-refractivity contribution in [3.05, 3.63) is 94.0 Å². The molecule has 0 unspecified atom stereocenters. The summed E-state index contributed by atoms with van der Waals surface area (Å²) in [5, 5.41) is 4.76. The van der Waals surface area contributed by atoms with Gasteiger partial charge in [0.2, 0.25) is 0 Å². The molecule has 0 radical (unpaired) electrons. The highest BCUT2D eigenvalue weighted by molar-refractivity contribution is 5.87. The molecule has 0 saturated heterocycles. The van der Waals surface area contributed by atoms with Gasteiger partial charge < -0.3 is 14.6 Å². The zero-order valence-electron chi connectivity index (χ0n) is 17.5. The predicted molar refractivity (Wildman–Crippen MR) is 127 cm³/mol. The smallest absolute Gasteiger partial charge is 0.258 e. The minimum atomic E-state index is -0.0973. The molecule has 2 aromatic heterocycles. The molecule has 2 aromatic carbocycles. The van der Waals surface area contributed by atoms with Crippen LogP contribution in [0, 0.1) is 0 Å². The van der Waals surface area contributed by atoms with Gasteiger partial charge in [-0.3, -0.25) is 9.36 Å². The normalized spacial score (nSPS) is 13.3. The van der Waals surface area contributed by atoms with Crippen LogP contribution in [0.15, 0.2) is 71.7 Å². The third kappa shape index (κ3) is 4.11. The molecule has 4 aromatic rings. The van der Waals surface area contributed by atoms with E-state index in [2.05, 4.69) is 29.1 Å². The fraction of sp³-hybridized carbons (Fsp3) is 0.240. The first-order chi connectivity index (χ1) is 14.7. The lowest BCUT2D eigenvalue weighted by Gasteiger charge is -2.10. The fourth-order valence-corrected chi connectivity index (χ4v) is 4.35. The van der Waals surface area contributed by atoms with Crippen molar-refractivity contribution in [1.82, 2.24) is 14.5 Å². The highest BCUT2D eigenvalue weighted by Gasteiger charge is 2.17. The molecule has 1 aliphatic heterocycles. The Morgan fingerprint density at radius 2 is 1.81 bits per heavy atom. The molecule has 160 valence electrons. The summed E-state index contributed by atoms with van der Waals surface area (Å²) in [6.07, 6.45) is 3.87. The third-order valence-corrected chi connectivity index (χ3v) is 5.93. The Morgan fingerprint density at radius 3 is 2.61 bits per heavy atom. The van der Waals surface area contributed by atoms with Gasteiger partial charge in [-0.1, -0.05) is 36.4 Å². The van der Waals surface area contributed by atoms with Gasteiger partial charge >= 0.3 is 0 Å². The van der Waals surface area contributed by atoms with E-state index in [1.807, 2.05) is 42.5 Å². The van der Waals surface area contributed by atoms with Gasteiger partial charge in [-0.15, -0.1) is 12.4 Å². The Hall–Kier alpha value is -3.02. The van der Waals surface area contributed by atoms with Crippen LogP contribution in [0.25, 0.3) is 16.6 Å². The first-order valence-electron chi connectivity index (χ1n) is 10.4. The van der Waals surface area contributed by atoms with Gasteiger partial charge in [0.15, 0.2) is 0 Å². The predicted octanol–water partition coefficient (Wildman–Crippen LogP) is 4.02. The standard InChI is InChI=1S/C25H25N3O2.ClH/c1-27-23-10-13-26-12-9-22(23)21-8-7-19(15-24(21)27)28-14-11-20(16-25(28)29)30-17-18-5-3-2-4-6-18;/h2-8,11,14-16,26H,9-10,12-13,17H2,1H3;1H. The molecule has 5 nitrogen and oxygen atoms in total. The SMILES string of the molecule is Cl.Cn1c2c(c3ccc(-n4ccc(OCc5ccccc5)cc4=O)cc31)CCNCC2. The van der Waals surface area contributed by atoms with Gasteiger partial charge in [0.05, 0.1) is 11.2 Å². The monoisotopic (exact) mass is 435 g/mol. The second-order valence-corrected chi connectivity index (χ2v) is 7.78. The number of halogens is 1. The van der Waals surface area contributed by atoms with Crippen molar-refractivity contribution in [1.29, 1.82) is 0 Å². The van der Waals surface area contributed by atoms with E-state index in [9.17, 15) is 4.79 Å². The zero-order chi connectivity index (χ0) is 20.5. The quantitative estimate of drug-likeness (QED) is 0.526. The van der Waals surface area contributed by atoms with Gasteiger partial charge in [-0.2, -0.15) is 0 Å². The number of nitrogens with zero attached hydrogens (tertiary/aromatic N) is 2. The highest BCUT2D eigenvalue weighted by atomic mass is 35.5. The van der Waals surface area contributed by atoms with Gasteiger partial charge in [-0.25, -0.2) is 0 Å². The fourth-order valence-electron chi connectivity index (χ4n) is 4.35. The van der Waals surface area contributed by atoms with Crippen LogP contribution >= 0.6 is 12.4 Å². The number of pyridine rings is 1. The van der Waals surface area contributed by atoms with Crippen LogP contribution in [-0.4, -0.2) is 22.2 Å². The van der Waals surface area contributed by atoms with Gasteiger partial charge in [-0.05, 0) is 42.3 Å². The number of aromatic nitrogens is 2. The van der Waals surface area contributed by atoms with Crippen molar-refractivity contribution >= 4 is 23.3 Å². The lowest BCUT2D eigenvalue weighted by Crippen LogP contribution is -2.17. The molecule has 31 heavy (non-hydrogen) atoms.